The Morgan fingerprint density at radius 3 is 2.50 bits per heavy atom. The topological polar surface area (TPSA) is 87.4 Å². The van der Waals surface area contributed by atoms with Gasteiger partial charge >= 0.3 is 0 Å². The quantitative estimate of drug-likeness (QED) is 0.830. The van der Waals surface area contributed by atoms with E-state index in [0.717, 1.165) is 12.1 Å². The van der Waals surface area contributed by atoms with Gasteiger partial charge in [0.25, 0.3) is 0 Å². The van der Waals surface area contributed by atoms with Gasteiger partial charge in [-0.15, -0.1) is 0 Å². The lowest BCUT2D eigenvalue weighted by Gasteiger charge is -2.48. The van der Waals surface area contributed by atoms with E-state index in [0.29, 0.717) is 0 Å². The third-order valence-corrected chi connectivity index (χ3v) is 8.34. The summed E-state index contributed by atoms with van der Waals surface area (Å²) in [4.78, 5) is -0.0793. The third kappa shape index (κ3) is 2.54. The Hall–Kier alpha value is -2.50. The number of halogens is 2. The highest BCUT2D eigenvalue weighted by molar-refractivity contribution is 7.92. The van der Waals surface area contributed by atoms with Crippen LogP contribution in [-0.2, 0) is 14.6 Å². The van der Waals surface area contributed by atoms with E-state index in [9.17, 15) is 22.3 Å². The van der Waals surface area contributed by atoms with Crippen LogP contribution in [0.4, 0.5) is 8.78 Å². The van der Waals surface area contributed by atoms with Gasteiger partial charge in [-0.25, -0.2) is 17.2 Å². The van der Waals surface area contributed by atoms with Crippen molar-refractivity contribution >= 4 is 9.84 Å². The van der Waals surface area contributed by atoms with Gasteiger partial charge in [-0.2, -0.15) is 5.26 Å². The first kappa shape index (κ1) is 18.8. The molecule has 146 valence electrons. The zero-order valence-corrected chi connectivity index (χ0v) is 15.5. The predicted molar refractivity (Wildman–Crippen MR) is 95.2 cm³/mol. The molecule has 5 nitrogen and oxygen atoms in total. The lowest BCUT2D eigenvalue weighted by Crippen LogP contribution is -2.53. The molecule has 1 aliphatic carbocycles. The Balaban J connectivity index is 2.00. The normalized spacial score (nSPS) is 26.5. The molecule has 0 bridgehead atoms. The molecule has 0 unspecified atom stereocenters. The van der Waals surface area contributed by atoms with Crippen LogP contribution in [0.2, 0.25) is 0 Å². The summed E-state index contributed by atoms with van der Waals surface area (Å²) in [6, 6.07) is 9.09. The average Bonchev–Trinajstić information content (AvgIpc) is 2.70. The van der Waals surface area contributed by atoms with Crippen molar-refractivity contribution in [2.45, 2.75) is 35.0 Å². The second-order valence-corrected chi connectivity index (χ2v) is 9.41. The summed E-state index contributed by atoms with van der Waals surface area (Å²) >= 11 is 0. The first-order valence-corrected chi connectivity index (χ1v) is 10.3. The molecule has 2 aromatic rings. The van der Waals surface area contributed by atoms with Crippen molar-refractivity contribution < 1.29 is 27.0 Å². The van der Waals surface area contributed by atoms with Crippen molar-refractivity contribution in [2.75, 3.05) is 6.61 Å². The molecule has 0 radical (unpaired) electrons. The molecule has 2 aromatic carbocycles. The molecule has 0 saturated heterocycles. The minimum absolute atomic E-state index is 0.0576. The Morgan fingerprint density at radius 1 is 1.14 bits per heavy atom. The summed E-state index contributed by atoms with van der Waals surface area (Å²) < 4.78 is 60.5. The molecular weight excluding hydrogens is 388 g/mol. The smallest absolute Gasteiger partial charge is 0.188 e. The molecule has 1 heterocycles. The van der Waals surface area contributed by atoms with E-state index in [2.05, 4.69) is 0 Å². The van der Waals surface area contributed by atoms with Crippen LogP contribution in [0.15, 0.2) is 41.3 Å². The molecule has 1 N–H and O–H groups in total. The fourth-order valence-corrected chi connectivity index (χ4v) is 6.78. The number of nitriles is 1. The SMILES string of the molecule is N#Cc1ccc(S(=O)(=O)[C@@]23CC[C@@H](O)C[C@@H]2COc2c(F)ccc(F)c23)cc1. The van der Waals surface area contributed by atoms with E-state index in [1.807, 2.05) is 6.07 Å². The van der Waals surface area contributed by atoms with Gasteiger partial charge in [0.05, 0.1) is 34.8 Å². The summed E-state index contributed by atoms with van der Waals surface area (Å²) in [6.07, 6.45) is -0.555. The lowest BCUT2D eigenvalue weighted by molar-refractivity contribution is 0.0395. The lowest BCUT2D eigenvalue weighted by atomic mass is 9.72. The number of sulfone groups is 1. The Morgan fingerprint density at radius 2 is 1.82 bits per heavy atom. The van der Waals surface area contributed by atoms with Crippen LogP contribution < -0.4 is 4.74 Å². The van der Waals surface area contributed by atoms with Crippen LogP contribution in [0, 0.1) is 28.9 Å². The van der Waals surface area contributed by atoms with E-state index in [1.54, 1.807) is 0 Å². The maximum atomic E-state index is 14.9. The highest BCUT2D eigenvalue weighted by Gasteiger charge is 2.59. The van der Waals surface area contributed by atoms with Crippen molar-refractivity contribution in [3.63, 3.8) is 0 Å². The van der Waals surface area contributed by atoms with E-state index in [-0.39, 0.29) is 47.6 Å². The van der Waals surface area contributed by atoms with Crippen molar-refractivity contribution in [3.8, 4) is 11.8 Å². The first-order chi connectivity index (χ1) is 13.3. The van der Waals surface area contributed by atoms with Gasteiger partial charge in [0, 0.05) is 5.92 Å². The summed E-state index contributed by atoms with van der Waals surface area (Å²) in [5.74, 6) is -2.80. The number of benzene rings is 2. The number of fused-ring (bicyclic) bond motifs is 3. The predicted octanol–water partition coefficient (Wildman–Crippen LogP) is 3.06. The number of rotatable bonds is 2. The van der Waals surface area contributed by atoms with Crippen LogP contribution in [0.1, 0.15) is 30.4 Å². The van der Waals surface area contributed by atoms with Crippen LogP contribution in [-0.4, -0.2) is 26.2 Å². The Bertz CT molecular complexity index is 1080. The van der Waals surface area contributed by atoms with E-state index >= 15 is 0 Å². The minimum atomic E-state index is -4.19. The molecule has 3 atom stereocenters. The monoisotopic (exact) mass is 405 g/mol. The van der Waals surface area contributed by atoms with Crippen molar-refractivity contribution in [1.29, 1.82) is 5.26 Å². The zero-order valence-electron chi connectivity index (χ0n) is 14.7. The molecule has 0 spiro atoms. The van der Waals surface area contributed by atoms with E-state index in [4.69, 9.17) is 10.00 Å². The standard InChI is InChI=1S/C20H17F2NO4S/c21-16-5-6-17(22)19-18(16)20(8-7-14(24)9-13(20)11-27-19)28(25,26)15-3-1-12(10-23)2-4-15/h1-6,13-14,24H,7-9,11H2/t13-,14-,20+/m1/s1. The molecular formula is C20H17F2NO4S. The number of hydrogen-bond donors (Lipinski definition) is 1. The number of aliphatic hydroxyl groups is 1. The van der Waals surface area contributed by atoms with Gasteiger partial charge in [-0.3, -0.25) is 0 Å². The summed E-state index contributed by atoms with van der Waals surface area (Å²) in [7, 11) is -4.19. The van der Waals surface area contributed by atoms with E-state index < -0.39 is 38.2 Å². The van der Waals surface area contributed by atoms with E-state index in [1.165, 1.54) is 24.3 Å². The van der Waals surface area contributed by atoms with Crippen LogP contribution in [0.5, 0.6) is 5.75 Å². The number of aliphatic hydroxyl groups excluding tert-OH is 1. The highest BCUT2D eigenvalue weighted by Crippen LogP contribution is 2.56. The molecule has 0 aromatic heterocycles. The van der Waals surface area contributed by atoms with Crippen LogP contribution in [0.3, 0.4) is 0 Å². The molecule has 28 heavy (non-hydrogen) atoms. The van der Waals surface area contributed by atoms with Crippen LogP contribution >= 0.6 is 0 Å². The number of ether oxygens (including phenoxy) is 1. The van der Waals surface area contributed by atoms with Crippen molar-refractivity contribution in [3.05, 3.63) is 59.2 Å². The fraction of sp³-hybridized carbons (Fsp3) is 0.350. The van der Waals surface area contributed by atoms with Crippen molar-refractivity contribution in [1.82, 2.24) is 0 Å². The second-order valence-electron chi connectivity index (χ2n) is 7.20. The number of nitrogens with zero attached hydrogens (tertiary/aromatic N) is 1. The molecule has 4 rings (SSSR count). The largest absolute Gasteiger partial charge is 0.490 e. The maximum absolute atomic E-state index is 14.9. The molecule has 1 fully saturated rings. The highest BCUT2D eigenvalue weighted by atomic mass is 32.2. The van der Waals surface area contributed by atoms with Gasteiger partial charge in [0.1, 0.15) is 10.6 Å². The van der Waals surface area contributed by atoms with Gasteiger partial charge < -0.3 is 9.84 Å². The summed E-state index contributed by atoms with van der Waals surface area (Å²) in [6.45, 7) is -0.139. The first-order valence-electron chi connectivity index (χ1n) is 8.85. The fourth-order valence-electron chi connectivity index (χ4n) is 4.41. The van der Waals surface area contributed by atoms with Gasteiger partial charge in [-0.05, 0) is 55.7 Å². The molecule has 0 amide bonds. The minimum Gasteiger partial charge on any atom is -0.490 e. The Kier molecular flexibility index (Phi) is 4.40. The van der Waals surface area contributed by atoms with Gasteiger partial charge in [-0.1, -0.05) is 0 Å². The average molecular weight is 405 g/mol. The molecule has 1 saturated carbocycles. The number of hydrogen-bond acceptors (Lipinski definition) is 5. The Labute approximate surface area is 161 Å². The molecule has 2 aliphatic rings. The van der Waals surface area contributed by atoms with Gasteiger partial charge in [0.15, 0.2) is 21.4 Å². The summed E-state index contributed by atoms with van der Waals surface area (Å²) in [5.41, 5.74) is -0.0170. The van der Waals surface area contributed by atoms with Crippen molar-refractivity contribution in [2.24, 2.45) is 5.92 Å². The summed E-state index contributed by atoms with van der Waals surface area (Å²) in [5, 5.41) is 19.0. The third-order valence-electron chi connectivity index (χ3n) is 5.75. The molecule has 8 heteroatoms. The zero-order chi connectivity index (χ0) is 20.1. The molecule has 1 aliphatic heterocycles. The second kappa shape index (κ2) is 6.54. The van der Waals surface area contributed by atoms with Crippen LogP contribution in [0.25, 0.3) is 0 Å². The van der Waals surface area contributed by atoms with Gasteiger partial charge in [0.2, 0.25) is 0 Å². The maximum Gasteiger partial charge on any atom is 0.188 e.